The van der Waals surface area contributed by atoms with Gasteiger partial charge in [0, 0.05) is 36.3 Å². The van der Waals surface area contributed by atoms with E-state index in [0.717, 1.165) is 50.0 Å². The highest BCUT2D eigenvalue weighted by Gasteiger charge is 2.41. The molecular weight excluding hydrogens is 288 g/mol. The van der Waals surface area contributed by atoms with Crippen LogP contribution in [0.2, 0.25) is 5.02 Å². The van der Waals surface area contributed by atoms with Crippen LogP contribution in [0.3, 0.4) is 0 Å². The molecule has 1 aromatic carbocycles. The third kappa shape index (κ3) is 3.01. The zero-order valence-corrected chi connectivity index (χ0v) is 13.1. The van der Waals surface area contributed by atoms with Crippen molar-refractivity contribution < 1.29 is 14.3 Å². The molecule has 2 aliphatic heterocycles. The fourth-order valence-corrected chi connectivity index (χ4v) is 3.61. The summed E-state index contributed by atoms with van der Waals surface area (Å²) >= 11 is 6.15. The van der Waals surface area contributed by atoms with Crippen LogP contribution in [0.5, 0.6) is 0 Å². The van der Waals surface area contributed by atoms with E-state index in [9.17, 15) is 4.79 Å². The second-order valence-electron chi connectivity index (χ2n) is 6.11. The van der Waals surface area contributed by atoms with Crippen molar-refractivity contribution in [3.05, 3.63) is 34.3 Å². The number of rotatable bonds is 2. The van der Waals surface area contributed by atoms with E-state index in [1.807, 2.05) is 25.1 Å². The van der Waals surface area contributed by atoms with E-state index >= 15 is 0 Å². The summed E-state index contributed by atoms with van der Waals surface area (Å²) in [7, 11) is 0. The Balaban J connectivity index is 1.79. The highest BCUT2D eigenvalue weighted by atomic mass is 35.5. The molecule has 2 heterocycles. The number of carbonyl (C=O) groups is 1. The maximum atomic E-state index is 12.9. The fourth-order valence-electron chi connectivity index (χ4n) is 3.44. The second-order valence-corrected chi connectivity index (χ2v) is 6.52. The van der Waals surface area contributed by atoms with Gasteiger partial charge in [-0.2, -0.15) is 0 Å². The van der Waals surface area contributed by atoms with Crippen LogP contribution < -0.4 is 0 Å². The third-order valence-corrected chi connectivity index (χ3v) is 5.21. The van der Waals surface area contributed by atoms with E-state index in [1.54, 1.807) is 0 Å². The summed E-state index contributed by atoms with van der Waals surface area (Å²) in [5, 5.41) is 0.661. The second kappa shape index (κ2) is 6.07. The molecule has 1 atom stereocenters. The van der Waals surface area contributed by atoms with Crippen molar-refractivity contribution in [1.29, 1.82) is 0 Å². The molecule has 1 aromatic rings. The van der Waals surface area contributed by atoms with Gasteiger partial charge in [0.1, 0.15) is 0 Å². The Morgan fingerprint density at radius 2 is 2.05 bits per heavy atom. The van der Waals surface area contributed by atoms with Crippen LogP contribution in [-0.2, 0) is 9.47 Å². The normalized spacial score (nSPS) is 25.0. The molecule has 0 saturated carbocycles. The predicted molar refractivity (Wildman–Crippen MR) is 82.0 cm³/mol. The van der Waals surface area contributed by atoms with Crippen LogP contribution in [0.1, 0.15) is 41.6 Å². The molecule has 0 N–H and O–H groups in total. The van der Waals surface area contributed by atoms with Gasteiger partial charge in [0.2, 0.25) is 0 Å². The lowest BCUT2D eigenvalue weighted by Crippen LogP contribution is -2.46. The molecule has 2 fully saturated rings. The highest BCUT2D eigenvalue weighted by Crippen LogP contribution is 2.38. The zero-order chi connectivity index (χ0) is 14.9. The van der Waals surface area contributed by atoms with Crippen LogP contribution in [0, 0.1) is 12.8 Å². The molecule has 1 unspecified atom stereocenters. The third-order valence-electron chi connectivity index (χ3n) is 4.80. The summed E-state index contributed by atoms with van der Waals surface area (Å²) in [5.74, 6) is 0.248. The van der Waals surface area contributed by atoms with E-state index in [4.69, 9.17) is 21.1 Å². The Kier molecular flexibility index (Phi) is 4.34. The first-order valence-electron chi connectivity index (χ1n) is 7.62. The molecule has 4 heteroatoms. The average molecular weight is 309 g/mol. The minimum absolute atomic E-state index is 0.0361. The van der Waals surface area contributed by atoms with E-state index in [1.165, 1.54) is 0 Å². The van der Waals surface area contributed by atoms with Crippen molar-refractivity contribution in [1.82, 2.24) is 0 Å². The number of Topliss-reactive ketones (excluding diaryl/α,β-unsaturated/α-hetero) is 1. The molecule has 114 valence electrons. The SMILES string of the molecule is Cc1c(Cl)cccc1C(=O)C1CCOC2(CCOCC2)C1. The number of ketones is 1. The van der Waals surface area contributed by atoms with Gasteiger partial charge in [-0.1, -0.05) is 23.7 Å². The smallest absolute Gasteiger partial charge is 0.166 e. The zero-order valence-electron chi connectivity index (χ0n) is 12.4. The van der Waals surface area contributed by atoms with Gasteiger partial charge in [-0.15, -0.1) is 0 Å². The van der Waals surface area contributed by atoms with Crippen LogP contribution in [0.4, 0.5) is 0 Å². The van der Waals surface area contributed by atoms with Gasteiger partial charge in [-0.05, 0) is 44.2 Å². The molecule has 0 bridgehead atoms. The number of hydrogen-bond acceptors (Lipinski definition) is 3. The molecule has 2 aliphatic rings. The Labute approximate surface area is 130 Å². The van der Waals surface area contributed by atoms with Crippen LogP contribution in [0.25, 0.3) is 0 Å². The predicted octanol–water partition coefficient (Wildman–Crippen LogP) is 3.81. The topological polar surface area (TPSA) is 35.5 Å². The maximum absolute atomic E-state index is 12.9. The lowest BCUT2D eigenvalue weighted by Gasteiger charge is -2.43. The van der Waals surface area contributed by atoms with Crippen molar-refractivity contribution in [2.24, 2.45) is 5.92 Å². The minimum Gasteiger partial charge on any atom is -0.381 e. The number of hydrogen-bond donors (Lipinski definition) is 0. The van der Waals surface area contributed by atoms with Gasteiger partial charge >= 0.3 is 0 Å². The number of benzene rings is 1. The van der Waals surface area contributed by atoms with Crippen molar-refractivity contribution >= 4 is 17.4 Å². The minimum atomic E-state index is -0.149. The summed E-state index contributed by atoms with van der Waals surface area (Å²) in [6, 6.07) is 5.57. The van der Waals surface area contributed by atoms with Crippen LogP contribution in [0.15, 0.2) is 18.2 Å². The molecule has 1 spiro atoms. The molecular formula is C17H21ClO3. The lowest BCUT2D eigenvalue weighted by atomic mass is 9.77. The van der Waals surface area contributed by atoms with E-state index in [2.05, 4.69) is 0 Å². The number of halogens is 1. The summed E-state index contributed by atoms with van der Waals surface area (Å²) in [6.45, 7) is 4.04. The van der Waals surface area contributed by atoms with Gasteiger partial charge in [-0.3, -0.25) is 4.79 Å². The van der Waals surface area contributed by atoms with E-state index < -0.39 is 0 Å². The van der Waals surface area contributed by atoms with E-state index in [-0.39, 0.29) is 17.3 Å². The molecule has 21 heavy (non-hydrogen) atoms. The van der Waals surface area contributed by atoms with E-state index in [0.29, 0.717) is 11.6 Å². The summed E-state index contributed by atoms with van der Waals surface area (Å²) < 4.78 is 11.4. The molecule has 3 nitrogen and oxygen atoms in total. The van der Waals surface area contributed by atoms with Crippen molar-refractivity contribution in [3.8, 4) is 0 Å². The first-order chi connectivity index (χ1) is 10.1. The molecule has 2 saturated heterocycles. The Morgan fingerprint density at radius 3 is 2.81 bits per heavy atom. The number of carbonyl (C=O) groups excluding carboxylic acids is 1. The Hall–Kier alpha value is -0.900. The van der Waals surface area contributed by atoms with Gasteiger partial charge in [0.05, 0.1) is 5.60 Å². The van der Waals surface area contributed by atoms with Crippen molar-refractivity contribution in [2.45, 2.75) is 38.2 Å². The highest BCUT2D eigenvalue weighted by molar-refractivity contribution is 6.31. The fraction of sp³-hybridized carbons (Fsp3) is 0.588. The van der Waals surface area contributed by atoms with Gasteiger partial charge in [0.25, 0.3) is 0 Å². The maximum Gasteiger partial charge on any atom is 0.166 e. The lowest BCUT2D eigenvalue weighted by molar-refractivity contribution is -0.142. The first kappa shape index (κ1) is 15.0. The molecule has 0 aliphatic carbocycles. The molecule has 0 radical (unpaired) electrons. The summed E-state index contributed by atoms with van der Waals surface area (Å²) in [4.78, 5) is 12.9. The Morgan fingerprint density at radius 1 is 1.29 bits per heavy atom. The molecule has 0 amide bonds. The first-order valence-corrected chi connectivity index (χ1v) is 8.00. The standard InChI is InChI=1S/C17H21ClO3/c1-12-14(3-2-4-15(12)18)16(19)13-5-8-21-17(11-13)6-9-20-10-7-17/h2-4,13H,5-11H2,1H3. The Bertz CT molecular complexity index is 529. The summed E-state index contributed by atoms with van der Waals surface area (Å²) in [6.07, 6.45) is 3.39. The van der Waals surface area contributed by atoms with Gasteiger partial charge in [-0.25, -0.2) is 0 Å². The number of ether oxygens (including phenoxy) is 2. The average Bonchev–Trinajstić information content (AvgIpc) is 2.50. The molecule has 0 aromatic heterocycles. The quantitative estimate of drug-likeness (QED) is 0.779. The molecule has 3 rings (SSSR count). The van der Waals surface area contributed by atoms with Gasteiger partial charge < -0.3 is 9.47 Å². The van der Waals surface area contributed by atoms with Crippen LogP contribution in [-0.4, -0.2) is 31.2 Å². The van der Waals surface area contributed by atoms with Gasteiger partial charge in [0.15, 0.2) is 5.78 Å². The van der Waals surface area contributed by atoms with Crippen molar-refractivity contribution in [2.75, 3.05) is 19.8 Å². The van der Waals surface area contributed by atoms with Crippen LogP contribution >= 0.6 is 11.6 Å². The van der Waals surface area contributed by atoms with Crippen molar-refractivity contribution in [3.63, 3.8) is 0 Å². The largest absolute Gasteiger partial charge is 0.381 e. The monoisotopic (exact) mass is 308 g/mol. The summed E-state index contributed by atoms with van der Waals surface area (Å²) in [5.41, 5.74) is 1.50.